The minimum Gasteiger partial charge on any atom is -0.508 e. The van der Waals surface area contributed by atoms with Crippen molar-refractivity contribution in [3.8, 4) is 17.2 Å². The number of phenolic OH excluding ortho intramolecular Hbond substituents is 1. The fourth-order valence-electron chi connectivity index (χ4n) is 8.32. The van der Waals surface area contributed by atoms with Gasteiger partial charge in [0.05, 0.1) is 6.04 Å². The van der Waals surface area contributed by atoms with Crippen LogP contribution in [0.25, 0.3) is 6.08 Å². The Labute approximate surface area is 264 Å². The number of carbonyl (C=O) groups is 2. The number of amides is 1. The molecule has 2 aromatic carbocycles. The molecular formula is C34H35BrN2O5S. The van der Waals surface area contributed by atoms with E-state index in [0.717, 1.165) is 65.7 Å². The van der Waals surface area contributed by atoms with Gasteiger partial charge in [0.1, 0.15) is 11.9 Å². The smallest absolute Gasteiger partial charge is 0.308 e. The van der Waals surface area contributed by atoms with Crippen molar-refractivity contribution in [1.82, 2.24) is 9.80 Å². The zero-order chi connectivity index (χ0) is 29.9. The maximum absolute atomic E-state index is 13.5. The number of hydrogen-bond donors (Lipinski definition) is 1. The lowest BCUT2D eigenvalue weighted by Crippen LogP contribution is -2.69. The Hall–Kier alpha value is -3.14. The largest absolute Gasteiger partial charge is 0.508 e. The van der Waals surface area contributed by atoms with Gasteiger partial charge in [-0.15, -0.1) is 11.3 Å². The third kappa shape index (κ3) is 4.80. The van der Waals surface area contributed by atoms with Crippen LogP contribution >= 0.6 is 27.3 Å². The number of ether oxygens (including phenoxy) is 2. The van der Waals surface area contributed by atoms with Crippen LogP contribution in [-0.4, -0.2) is 65.1 Å². The van der Waals surface area contributed by atoms with Crippen molar-refractivity contribution < 1.29 is 24.2 Å². The van der Waals surface area contributed by atoms with Crippen LogP contribution in [0, 0.1) is 5.92 Å². The number of benzene rings is 2. The van der Waals surface area contributed by atoms with E-state index in [1.54, 1.807) is 23.5 Å². The predicted molar refractivity (Wildman–Crippen MR) is 170 cm³/mol. The number of rotatable bonds is 7. The maximum atomic E-state index is 13.5. The monoisotopic (exact) mass is 662 g/mol. The molecule has 0 radical (unpaired) electrons. The molecule has 43 heavy (non-hydrogen) atoms. The first-order valence-electron chi connectivity index (χ1n) is 15.0. The second-order valence-corrected chi connectivity index (χ2v) is 14.1. The van der Waals surface area contributed by atoms with E-state index < -0.39 is 5.97 Å². The number of aromatic hydroxyl groups is 1. The third-order valence-corrected chi connectivity index (χ3v) is 11.8. The minimum absolute atomic E-state index is 0.0696. The molecule has 2 fully saturated rings. The van der Waals surface area contributed by atoms with Crippen molar-refractivity contribution in [2.45, 2.75) is 62.6 Å². The highest BCUT2D eigenvalue weighted by Crippen LogP contribution is 2.65. The number of carbonyl (C=O) groups excluding carboxylic acids is 2. The molecule has 3 aromatic rings. The van der Waals surface area contributed by atoms with E-state index in [-0.39, 0.29) is 41.0 Å². The van der Waals surface area contributed by atoms with Crippen LogP contribution in [0.1, 0.15) is 47.8 Å². The highest BCUT2D eigenvalue weighted by atomic mass is 79.9. The number of likely N-dealkylation sites (N-methyl/N-ethyl adjacent to an activating group) is 1. The van der Waals surface area contributed by atoms with E-state index in [0.29, 0.717) is 11.7 Å². The normalized spacial score (nSPS) is 27.0. The molecule has 1 amide bonds. The van der Waals surface area contributed by atoms with Crippen LogP contribution in [0.15, 0.2) is 58.4 Å². The Bertz CT molecular complexity index is 1610. The summed E-state index contributed by atoms with van der Waals surface area (Å²) < 4.78 is 13.5. The van der Waals surface area contributed by atoms with E-state index in [1.807, 2.05) is 35.5 Å². The van der Waals surface area contributed by atoms with Crippen molar-refractivity contribution in [2.24, 2.45) is 5.92 Å². The molecule has 2 bridgehead atoms. The summed E-state index contributed by atoms with van der Waals surface area (Å²) in [4.78, 5) is 31.0. The average Bonchev–Trinajstić information content (AvgIpc) is 3.57. The van der Waals surface area contributed by atoms with Crippen LogP contribution in [0.3, 0.4) is 0 Å². The number of phenols is 1. The van der Waals surface area contributed by atoms with Crippen LogP contribution < -0.4 is 9.47 Å². The highest BCUT2D eigenvalue weighted by Gasteiger charge is 2.67. The maximum Gasteiger partial charge on any atom is 0.308 e. The molecule has 224 valence electrons. The number of halogens is 1. The quantitative estimate of drug-likeness (QED) is 0.191. The van der Waals surface area contributed by atoms with Crippen LogP contribution in [-0.2, 0) is 27.8 Å². The molecule has 7 rings (SSSR count). The zero-order valence-corrected chi connectivity index (χ0v) is 26.7. The lowest BCUT2D eigenvalue weighted by atomic mass is 9.50. The van der Waals surface area contributed by atoms with E-state index in [2.05, 4.69) is 45.1 Å². The Kier molecular flexibility index (Phi) is 7.38. The molecule has 3 heterocycles. The van der Waals surface area contributed by atoms with Gasteiger partial charge in [-0.25, -0.2) is 0 Å². The lowest BCUT2D eigenvalue weighted by molar-refractivity contribution is -0.135. The second-order valence-electron chi connectivity index (χ2n) is 12.2. The molecule has 1 spiro atoms. The first kappa shape index (κ1) is 28.6. The lowest BCUT2D eigenvalue weighted by Gasteiger charge is -2.60. The first-order valence-corrected chi connectivity index (χ1v) is 16.6. The summed E-state index contributed by atoms with van der Waals surface area (Å²) in [5.41, 5.74) is 2.85. The molecule has 9 heteroatoms. The van der Waals surface area contributed by atoms with E-state index in [9.17, 15) is 14.7 Å². The molecule has 1 N–H and O–H groups in total. The van der Waals surface area contributed by atoms with Gasteiger partial charge in [0.2, 0.25) is 5.91 Å². The zero-order valence-electron chi connectivity index (χ0n) is 24.3. The fourth-order valence-corrected chi connectivity index (χ4v) is 9.66. The van der Waals surface area contributed by atoms with Crippen molar-refractivity contribution in [1.29, 1.82) is 0 Å². The summed E-state index contributed by atoms with van der Waals surface area (Å²) in [5.74, 6) is 0.778. The molecule has 0 unspecified atom stereocenters. The van der Waals surface area contributed by atoms with Gasteiger partial charge < -0.3 is 19.5 Å². The Morgan fingerprint density at radius 3 is 2.81 bits per heavy atom. The van der Waals surface area contributed by atoms with Gasteiger partial charge in [-0.2, -0.15) is 0 Å². The van der Waals surface area contributed by atoms with E-state index in [1.165, 1.54) is 12.5 Å². The molecule has 1 aromatic heterocycles. The van der Waals surface area contributed by atoms with Crippen LogP contribution in [0.4, 0.5) is 0 Å². The molecule has 5 atom stereocenters. The molecule has 1 saturated heterocycles. The Morgan fingerprint density at radius 2 is 2.07 bits per heavy atom. The number of nitrogens with zero attached hydrogens (tertiary/aromatic N) is 2. The van der Waals surface area contributed by atoms with Gasteiger partial charge in [-0.3, -0.25) is 14.5 Å². The van der Waals surface area contributed by atoms with Crippen molar-refractivity contribution >= 4 is 45.2 Å². The summed E-state index contributed by atoms with van der Waals surface area (Å²) in [5, 5.41) is 13.3. The summed E-state index contributed by atoms with van der Waals surface area (Å²) in [6.07, 6.45) is 7.53. The molecular weight excluding hydrogens is 628 g/mol. The van der Waals surface area contributed by atoms with Gasteiger partial charge >= 0.3 is 5.97 Å². The van der Waals surface area contributed by atoms with E-state index >= 15 is 0 Å². The third-order valence-electron chi connectivity index (χ3n) is 10.1. The van der Waals surface area contributed by atoms with Gasteiger partial charge in [0.15, 0.2) is 11.5 Å². The minimum atomic E-state index is -0.457. The summed E-state index contributed by atoms with van der Waals surface area (Å²) >= 11 is 5.06. The number of hydrogen-bond acceptors (Lipinski definition) is 7. The molecule has 1 saturated carbocycles. The number of piperidine rings is 1. The van der Waals surface area contributed by atoms with Gasteiger partial charge in [-0.05, 0) is 78.2 Å². The van der Waals surface area contributed by atoms with Crippen molar-refractivity contribution in [3.63, 3.8) is 0 Å². The first-order chi connectivity index (χ1) is 20.8. The topological polar surface area (TPSA) is 79.3 Å². The van der Waals surface area contributed by atoms with Crippen molar-refractivity contribution in [2.75, 3.05) is 20.1 Å². The van der Waals surface area contributed by atoms with Gasteiger partial charge in [0, 0.05) is 70.0 Å². The highest BCUT2D eigenvalue weighted by molar-refractivity contribution is 9.10. The summed E-state index contributed by atoms with van der Waals surface area (Å²) in [6, 6.07) is 14.2. The number of likely N-dealkylation sites (tertiary alicyclic amines) is 1. The van der Waals surface area contributed by atoms with Gasteiger partial charge in [-0.1, -0.05) is 30.3 Å². The fraction of sp³-hybridized carbons (Fsp3) is 0.412. The summed E-state index contributed by atoms with van der Waals surface area (Å²) in [7, 11) is 1.87. The Balaban J connectivity index is 1.24. The SMILES string of the molecule is CC(=O)Oc1cc(O)c2c3c1O[C@H]1[C@H](N(C)C(=O)/C=C/c4cc(Br)cs4)CC[C@H]4[C@@H](C2)N(CCc2ccccc2)CC[C@@]341. The van der Waals surface area contributed by atoms with E-state index in [4.69, 9.17) is 9.47 Å². The van der Waals surface area contributed by atoms with Crippen LogP contribution in [0.2, 0.25) is 0 Å². The number of esters is 1. The second kappa shape index (κ2) is 11.1. The average molecular weight is 664 g/mol. The summed E-state index contributed by atoms with van der Waals surface area (Å²) in [6.45, 7) is 3.22. The Morgan fingerprint density at radius 1 is 1.26 bits per heavy atom. The number of thiophene rings is 1. The molecule has 7 nitrogen and oxygen atoms in total. The van der Waals surface area contributed by atoms with Crippen LogP contribution in [0.5, 0.6) is 17.2 Å². The van der Waals surface area contributed by atoms with Crippen molar-refractivity contribution in [3.05, 3.63) is 80.0 Å². The standard InChI is InChI=1S/C34H35BrN2O5S/c1-20(38)41-29-18-28(39)24-17-27-25-9-10-26(36(2)30(40)11-8-23-16-22(35)19-43-23)33-34(25,31(24)32(29)42-33)13-15-37(27)14-12-21-6-4-3-5-7-21/h3-8,11,16,18-19,25-27,33,39H,9-10,12-15,17H2,1-2H3/b11-8+/t25-,26+,27+,33-,34-/m0/s1. The molecule has 2 aliphatic heterocycles. The predicted octanol–water partition coefficient (Wildman–Crippen LogP) is 5.96. The molecule has 4 aliphatic rings. The van der Waals surface area contributed by atoms with Gasteiger partial charge in [0.25, 0.3) is 0 Å². The molecule has 2 aliphatic carbocycles.